The van der Waals surface area contributed by atoms with E-state index in [9.17, 15) is 4.79 Å². The molecule has 2 atom stereocenters. The van der Waals surface area contributed by atoms with Crippen molar-refractivity contribution in [1.29, 1.82) is 5.26 Å². The topological polar surface area (TPSA) is 71.4 Å². The molecule has 1 aliphatic rings. The molecule has 1 aliphatic heterocycles. The van der Waals surface area contributed by atoms with E-state index in [1.54, 1.807) is 6.92 Å². The molecule has 2 heterocycles. The molecule has 0 aliphatic carbocycles. The molecule has 1 saturated heterocycles. The minimum absolute atomic E-state index is 0.0899. The first-order chi connectivity index (χ1) is 10.6. The summed E-state index contributed by atoms with van der Waals surface area (Å²) in [5, 5.41) is 12.5. The van der Waals surface area contributed by atoms with E-state index in [1.807, 2.05) is 13.0 Å². The molecule has 6 heteroatoms. The Bertz CT molecular complexity index is 544. The predicted octanol–water partition coefficient (Wildman–Crippen LogP) is 3.09. The average Bonchev–Trinajstić information content (AvgIpc) is 2.95. The van der Waals surface area contributed by atoms with Crippen LogP contribution in [0.1, 0.15) is 43.6 Å². The fraction of sp³-hybridized carbons (Fsp3) is 0.625. The van der Waals surface area contributed by atoms with Crippen molar-refractivity contribution < 1.29 is 14.3 Å². The number of nitrogens with one attached hydrogen (secondary N) is 1. The quantitative estimate of drug-likeness (QED) is 0.873. The molecule has 2 unspecified atom stereocenters. The fourth-order valence-corrected chi connectivity index (χ4v) is 3.22. The maximum atomic E-state index is 12.2. The van der Waals surface area contributed by atoms with E-state index < -0.39 is 6.10 Å². The third kappa shape index (κ3) is 4.54. The van der Waals surface area contributed by atoms with Crippen LogP contribution in [0.3, 0.4) is 0 Å². The van der Waals surface area contributed by atoms with Gasteiger partial charge < -0.3 is 14.8 Å². The van der Waals surface area contributed by atoms with Crippen molar-refractivity contribution in [2.45, 2.75) is 51.7 Å². The summed E-state index contributed by atoms with van der Waals surface area (Å²) in [6.45, 7) is 4.95. The second-order valence-corrected chi connectivity index (χ2v) is 6.51. The van der Waals surface area contributed by atoms with Gasteiger partial charge in [-0.05, 0) is 38.7 Å². The number of nitriles is 1. The lowest BCUT2D eigenvalue weighted by Crippen LogP contribution is -2.32. The minimum atomic E-state index is -0.566. The number of ether oxygens (including phenoxy) is 2. The number of rotatable bonds is 6. The Labute approximate surface area is 135 Å². The van der Waals surface area contributed by atoms with Gasteiger partial charge in [-0.25, -0.2) is 0 Å². The zero-order valence-corrected chi connectivity index (χ0v) is 13.9. The SMILES string of the molecule is CCc1cc(C#N)c(NC(=O)C(C)OCC2CCCCO2)s1. The van der Waals surface area contributed by atoms with Gasteiger partial charge in [0.2, 0.25) is 0 Å². The summed E-state index contributed by atoms with van der Waals surface area (Å²) in [5.41, 5.74) is 0.512. The highest BCUT2D eigenvalue weighted by atomic mass is 32.1. The van der Waals surface area contributed by atoms with Crippen LogP contribution in [0.15, 0.2) is 6.07 Å². The zero-order chi connectivity index (χ0) is 15.9. The number of carbonyl (C=O) groups is 1. The van der Waals surface area contributed by atoms with Crippen molar-refractivity contribution in [2.75, 3.05) is 18.5 Å². The summed E-state index contributed by atoms with van der Waals surface area (Å²) in [4.78, 5) is 13.3. The van der Waals surface area contributed by atoms with Crippen molar-refractivity contribution >= 4 is 22.2 Å². The van der Waals surface area contributed by atoms with Crippen LogP contribution >= 0.6 is 11.3 Å². The van der Waals surface area contributed by atoms with E-state index in [-0.39, 0.29) is 12.0 Å². The van der Waals surface area contributed by atoms with Crippen molar-refractivity contribution in [3.8, 4) is 6.07 Å². The summed E-state index contributed by atoms with van der Waals surface area (Å²) in [5.74, 6) is -0.225. The Morgan fingerprint density at radius 2 is 2.45 bits per heavy atom. The summed E-state index contributed by atoms with van der Waals surface area (Å²) in [6, 6.07) is 3.93. The minimum Gasteiger partial charge on any atom is -0.376 e. The molecule has 22 heavy (non-hydrogen) atoms. The molecule has 0 radical (unpaired) electrons. The summed E-state index contributed by atoms with van der Waals surface area (Å²) in [7, 11) is 0. The summed E-state index contributed by atoms with van der Waals surface area (Å²) in [6.07, 6.45) is 3.60. The first-order valence-corrected chi connectivity index (χ1v) is 8.52. The van der Waals surface area contributed by atoms with E-state index in [2.05, 4.69) is 11.4 Å². The molecule has 1 aromatic rings. The van der Waals surface area contributed by atoms with Crippen LogP contribution in [0.4, 0.5) is 5.00 Å². The number of hydrogen-bond acceptors (Lipinski definition) is 5. The fourth-order valence-electron chi connectivity index (χ4n) is 2.27. The second-order valence-electron chi connectivity index (χ2n) is 5.37. The van der Waals surface area contributed by atoms with Crippen LogP contribution < -0.4 is 5.32 Å². The van der Waals surface area contributed by atoms with Crippen LogP contribution in [0, 0.1) is 11.3 Å². The third-order valence-electron chi connectivity index (χ3n) is 3.66. The molecule has 0 spiro atoms. The molecule has 0 bridgehead atoms. The Morgan fingerprint density at radius 3 is 3.09 bits per heavy atom. The molecule has 0 aromatic carbocycles. The lowest BCUT2D eigenvalue weighted by atomic mass is 10.1. The molecule has 120 valence electrons. The van der Waals surface area contributed by atoms with E-state index in [0.717, 1.165) is 37.2 Å². The Morgan fingerprint density at radius 1 is 1.64 bits per heavy atom. The first-order valence-electron chi connectivity index (χ1n) is 7.71. The van der Waals surface area contributed by atoms with Crippen LogP contribution in [0.2, 0.25) is 0 Å². The van der Waals surface area contributed by atoms with Crippen molar-refractivity contribution in [3.63, 3.8) is 0 Å². The summed E-state index contributed by atoms with van der Waals surface area (Å²) >= 11 is 1.44. The Kier molecular flexibility index (Phi) is 6.37. The van der Waals surface area contributed by atoms with Gasteiger partial charge in [0.15, 0.2) is 0 Å². The zero-order valence-electron chi connectivity index (χ0n) is 13.1. The van der Waals surface area contributed by atoms with E-state index in [4.69, 9.17) is 14.7 Å². The lowest BCUT2D eigenvalue weighted by Gasteiger charge is -2.23. The van der Waals surface area contributed by atoms with Gasteiger partial charge in [0.05, 0.1) is 18.3 Å². The highest BCUT2D eigenvalue weighted by Gasteiger charge is 2.20. The van der Waals surface area contributed by atoms with E-state index in [1.165, 1.54) is 11.3 Å². The van der Waals surface area contributed by atoms with Gasteiger partial charge in [-0.15, -0.1) is 11.3 Å². The number of thiophene rings is 1. The number of nitrogens with zero attached hydrogens (tertiary/aromatic N) is 1. The van der Waals surface area contributed by atoms with Gasteiger partial charge in [0.25, 0.3) is 5.91 Å². The Balaban J connectivity index is 1.85. The number of amides is 1. The number of carbonyl (C=O) groups excluding carboxylic acids is 1. The van der Waals surface area contributed by atoms with Crippen molar-refractivity contribution in [3.05, 3.63) is 16.5 Å². The van der Waals surface area contributed by atoms with Gasteiger partial charge in [0.1, 0.15) is 17.2 Å². The first kappa shape index (κ1) is 16.9. The third-order valence-corrected chi connectivity index (χ3v) is 4.86. The smallest absolute Gasteiger partial charge is 0.253 e. The van der Waals surface area contributed by atoms with E-state index in [0.29, 0.717) is 17.2 Å². The standard InChI is InChI=1S/C16H22N2O3S/c1-3-14-8-12(9-17)16(22-14)18-15(19)11(2)21-10-13-6-4-5-7-20-13/h8,11,13H,3-7,10H2,1-2H3,(H,18,19). The van der Waals surface area contributed by atoms with Crippen LogP contribution in [0.5, 0.6) is 0 Å². The molecule has 2 rings (SSSR count). The maximum absolute atomic E-state index is 12.2. The highest BCUT2D eigenvalue weighted by molar-refractivity contribution is 7.16. The monoisotopic (exact) mass is 322 g/mol. The largest absolute Gasteiger partial charge is 0.376 e. The second kappa shape index (κ2) is 8.28. The van der Waals surface area contributed by atoms with Crippen molar-refractivity contribution in [2.24, 2.45) is 0 Å². The van der Waals surface area contributed by atoms with Gasteiger partial charge >= 0.3 is 0 Å². The molecule has 1 N–H and O–H groups in total. The maximum Gasteiger partial charge on any atom is 0.253 e. The van der Waals surface area contributed by atoms with Crippen molar-refractivity contribution in [1.82, 2.24) is 0 Å². The number of hydrogen-bond donors (Lipinski definition) is 1. The average molecular weight is 322 g/mol. The lowest BCUT2D eigenvalue weighted by molar-refractivity contribution is -0.130. The van der Waals surface area contributed by atoms with Gasteiger partial charge in [-0.2, -0.15) is 5.26 Å². The predicted molar refractivity (Wildman–Crippen MR) is 86.0 cm³/mol. The molecule has 1 fully saturated rings. The van der Waals surface area contributed by atoms with Gasteiger partial charge in [-0.1, -0.05) is 6.92 Å². The van der Waals surface area contributed by atoms with E-state index >= 15 is 0 Å². The summed E-state index contributed by atoms with van der Waals surface area (Å²) < 4.78 is 11.2. The molecule has 1 amide bonds. The molecule has 1 aromatic heterocycles. The number of anilines is 1. The van der Waals surface area contributed by atoms with Crippen LogP contribution in [0.25, 0.3) is 0 Å². The molecule has 5 nitrogen and oxygen atoms in total. The highest BCUT2D eigenvalue weighted by Crippen LogP contribution is 2.28. The van der Waals surface area contributed by atoms with Gasteiger partial charge in [0, 0.05) is 11.5 Å². The molecular weight excluding hydrogens is 300 g/mol. The molecular formula is C16H22N2O3S. The van der Waals surface area contributed by atoms with Crippen LogP contribution in [-0.2, 0) is 20.7 Å². The van der Waals surface area contributed by atoms with Gasteiger partial charge in [-0.3, -0.25) is 4.79 Å². The van der Waals surface area contributed by atoms with Crippen LogP contribution in [-0.4, -0.2) is 31.3 Å². The normalized spacial score (nSPS) is 19.4. The Hall–Kier alpha value is -1.42. The molecule has 0 saturated carbocycles. The number of aryl methyl sites for hydroxylation is 1.